The van der Waals surface area contributed by atoms with Crippen LogP contribution in [0.25, 0.3) is 16.6 Å². The molecule has 1 saturated carbocycles. The van der Waals surface area contributed by atoms with Crippen LogP contribution in [0.2, 0.25) is 0 Å². The topological polar surface area (TPSA) is 85.6 Å². The van der Waals surface area contributed by atoms with Crippen LogP contribution in [0.4, 0.5) is 11.5 Å². The molecule has 2 aliphatic rings. The van der Waals surface area contributed by atoms with Gasteiger partial charge in [-0.3, -0.25) is 9.79 Å². The summed E-state index contributed by atoms with van der Waals surface area (Å²) in [7, 11) is 0. The average molecular weight is 434 g/mol. The van der Waals surface area contributed by atoms with E-state index < -0.39 is 0 Å². The van der Waals surface area contributed by atoms with E-state index in [0.29, 0.717) is 16.3 Å². The first-order valence-corrected chi connectivity index (χ1v) is 11.9. The summed E-state index contributed by atoms with van der Waals surface area (Å²) in [4.78, 5) is 22.3. The minimum atomic E-state index is -0.318. The van der Waals surface area contributed by atoms with Gasteiger partial charge in [0.05, 0.1) is 11.3 Å². The monoisotopic (exact) mass is 433 g/mol. The number of rotatable bonds is 4. The molecule has 160 valence electrons. The van der Waals surface area contributed by atoms with Crippen LogP contribution >= 0.6 is 11.3 Å². The number of allylic oxidation sites excluding steroid dienone is 1. The van der Waals surface area contributed by atoms with Gasteiger partial charge in [-0.05, 0) is 44.4 Å². The Morgan fingerprint density at radius 1 is 1.23 bits per heavy atom. The van der Waals surface area contributed by atoms with Gasteiger partial charge < -0.3 is 5.73 Å². The number of nitrogen functional groups attached to an aromatic ring is 1. The normalized spacial score (nSPS) is 18.0. The molecule has 0 bridgehead atoms. The molecule has 3 heterocycles. The van der Waals surface area contributed by atoms with Crippen molar-refractivity contribution >= 4 is 45.2 Å². The molecule has 0 radical (unpaired) electrons. The Kier molecular flexibility index (Phi) is 5.22. The molecule has 2 N–H and O–H groups in total. The van der Waals surface area contributed by atoms with Crippen molar-refractivity contribution in [3.05, 3.63) is 50.3 Å². The SMILES string of the molecule is CC1=Nc2ccc(C)cc2C1=Cc1c(N)n2nc(CCC3CCCCC3)sc2nc1=O. The van der Waals surface area contributed by atoms with Crippen LogP contribution in [-0.2, 0) is 6.42 Å². The Balaban J connectivity index is 1.49. The zero-order chi connectivity index (χ0) is 21.5. The van der Waals surface area contributed by atoms with Gasteiger partial charge >= 0.3 is 0 Å². The van der Waals surface area contributed by atoms with Gasteiger partial charge in [0, 0.05) is 23.3 Å². The van der Waals surface area contributed by atoms with Crippen molar-refractivity contribution in [2.75, 3.05) is 5.73 Å². The molecule has 5 rings (SSSR count). The zero-order valence-corrected chi connectivity index (χ0v) is 18.8. The highest BCUT2D eigenvalue weighted by Gasteiger charge is 2.21. The first kappa shape index (κ1) is 20.1. The highest BCUT2D eigenvalue weighted by molar-refractivity contribution is 7.16. The molecule has 0 spiro atoms. The maximum absolute atomic E-state index is 12.8. The second-order valence-corrected chi connectivity index (χ2v) is 9.77. The molecule has 1 fully saturated rings. The second-order valence-electron chi connectivity index (χ2n) is 8.72. The quantitative estimate of drug-likeness (QED) is 0.613. The van der Waals surface area contributed by atoms with Crippen LogP contribution < -0.4 is 11.3 Å². The lowest BCUT2D eigenvalue weighted by atomic mass is 9.86. The summed E-state index contributed by atoms with van der Waals surface area (Å²) < 4.78 is 1.63. The van der Waals surface area contributed by atoms with Gasteiger partial charge in [-0.25, -0.2) is 0 Å². The van der Waals surface area contributed by atoms with E-state index in [4.69, 9.17) is 10.8 Å². The fourth-order valence-corrected chi connectivity index (χ4v) is 5.59. The van der Waals surface area contributed by atoms with E-state index in [9.17, 15) is 4.79 Å². The number of hydrogen-bond donors (Lipinski definition) is 1. The van der Waals surface area contributed by atoms with Crippen molar-refractivity contribution in [1.82, 2.24) is 14.6 Å². The van der Waals surface area contributed by atoms with E-state index in [1.54, 1.807) is 4.52 Å². The van der Waals surface area contributed by atoms with Gasteiger partial charge in [0.2, 0.25) is 4.96 Å². The van der Waals surface area contributed by atoms with E-state index in [1.807, 2.05) is 32.1 Å². The van der Waals surface area contributed by atoms with Crippen LogP contribution in [0.15, 0.2) is 28.0 Å². The van der Waals surface area contributed by atoms with Crippen molar-refractivity contribution in [3.8, 4) is 0 Å². The lowest BCUT2D eigenvalue weighted by molar-refractivity contribution is 0.339. The molecular weight excluding hydrogens is 406 g/mol. The van der Waals surface area contributed by atoms with E-state index in [-0.39, 0.29) is 5.56 Å². The summed E-state index contributed by atoms with van der Waals surface area (Å²) in [6.07, 6.45) is 10.6. The number of aromatic nitrogens is 3. The van der Waals surface area contributed by atoms with Crippen molar-refractivity contribution in [2.45, 2.75) is 58.8 Å². The van der Waals surface area contributed by atoms with E-state index in [2.05, 4.69) is 16.0 Å². The summed E-state index contributed by atoms with van der Waals surface area (Å²) in [6.45, 7) is 4.00. The number of fused-ring (bicyclic) bond motifs is 2. The van der Waals surface area contributed by atoms with Gasteiger partial charge in [0.25, 0.3) is 5.56 Å². The minimum Gasteiger partial charge on any atom is -0.383 e. The molecule has 7 heteroatoms. The molecule has 1 aliphatic carbocycles. The third-order valence-electron chi connectivity index (χ3n) is 6.43. The molecule has 0 unspecified atom stereocenters. The number of benzene rings is 1. The number of hydrogen-bond acceptors (Lipinski definition) is 6. The van der Waals surface area contributed by atoms with Crippen molar-refractivity contribution in [1.29, 1.82) is 0 Å². The first-order chi connectivity index (χ1) is 15.0. The summed E-state index contributed by atoms with van der Waals surface area (Å²) in [5, 5.41) is 5.69. The Hall–Kier alpha value is -2.80. The molecule has 1 aliphatic heterocycles. The zero-order valence-electron chi connectivity index (χ0n) is 18.0. The van der Waals surface area contributed by atoms with Gasteiger partial charge in [0.1, 0.15) is 10.8 Å². The first-order valence-electron chi connectivity index (χ1n) is 11.1. The van der Waals surface area contributed by atoms with Crippen molar-refractivity contribution in [3.63, 3.8) is 0 Å². The molecule has 2 aromatic heterocycles. The summed E-state index contributed by atoms with van der Waals surface area (Å²) in [5.41, 5.74) is 11.4. The molecular formula is C24H27N5OS. The molecule has 3 aromatic rings. The van der Waals surface area contributed by atoms with E-state index in [1.165, 1.54) is 43.4 Å². The Morgan fingerprint density at radius 3 is 2.84 bits per heavy atom. The molecule has 1 aromatic carbocycles. The van der Waals surface area contributed by atoms with Gasteiger partial charge in [-0.2, -0.15) is 14.6 Å². The van der Waals surface area contributed by atoms with Crippen molar-refractivity contribution in [2.24, 2.45) is 10.9 Å². The standard InChI is InChI=1S/C24H27N5OS/c1-14-8-10-20-18(12-14)17(15(2)26-20)13-19-22(25)29-24(27-23(19)30)31-21(28-29)11-9-16-6-4-3-5-7-16/h8,10,12-13,16H,3-7,9,11,25H2,1-2H3. The number of aryl methyl sites for hydroxylation is 2. The maximum Gasteiger partial charge on any atom is 0.283 e. The van der Waals surface area contributed by atoms with Crippen molar-refractivity contribution < 1.29 is 0 Å². The lowest BCUT2D eigenvalue weighted by Crippen LogP contribution is -2.17. The van der Waals surface area contributed by atoms with Crippen LogP contribution in [0.5, 0.6) is 0 Å². The van der Waals surface area contributed by atoms with Crippen LogP contribution in [0.1, 0.15) is 67.1 Å². The second kappa shape index (κ2) is 8.04. The number of aliphatic imine (C=N–C) groups is 1. The third kappa shape index (κ3) is 3.82. The molecule has 31 heavy (non-hydrogen) atoms. The summed E-state index contributed by atoms with van der Waals surface area (Å²) >= 11 is 1.47. The highest BCUT2D eigenvalue weighted by atomic mass is 32.1. The lowest BCUT2D eigenvalue weighted by Gasteiger charge is -2.20. The van der Waals surface area contributed by atoms with E-state index >= 15 is 0 Å². The summed E-state index contributed by atoms with van der Waals surface area (Å²) in [6, 6.07) is 6.14. The number of nitrogens with two attached hydrogens (primary N) is 1. The largest absolute Gasteiger partial charge is 0.383 e. The predicted octanol–water partition coefficient (Wildman–Crippen LogP) is 5.20. The fraction of sp³-hybridized carbons (Fsp3) is 0.417. The van der Waals surface area contributed by atoms with Crippen LogP contribution in [-0.4, -0.2) is 20.3 Å². The summed E-state index contributed by atoms with van der Waals surface area (Å²) in [5.74, 6) is 1.14. The van der Waals surface area contributed by atoms with Crippen LogP contribution in [0, 0.1) is 12.8 Å². The fourth-order valence-electron chi connectivity index (χ4n) is 4.69. The Bertz CT molecular complexity index is 1280. The van der Waals surface area contributed by atoms with Gasteiger partial charge in [0.15, 0.2) is 0 Å². The molecule has 6 nitrogen and oxygen atoms in total. The Morgan fingerprint density at radius 2 is 2.03 bits per heavy atom. The molecule has 0 atom stereocenters. The average Bonchev–Trinajstić information content (AvgIpc) is 3.30. The minimum absolute atomic E-state index is 0.318. The Labute approximate surface area is 185 Å². The number of anilines is 1. The maximum atomic E-state index is 12.8. The van der Waals surface area contributed by atoms with Crippen LogP contribution in [0.3, 0.4) is 0 Å². The number of nitrogens with zero attached hydrogens (tertiary/aromatic N) is 4. The smallest absolute Gasteiger partial charge is 0.283 e. The molecule has 0 saturated heterocycles. The third-order valence-corrected chi connectivity index (χ3v) is 7.40. The van der Waals surface area contributed by atoms with Gasteiger partial charge in [-0.1, -0.05) is 55.1 Å². The van der Waals surface area contributed by atoms with E-state index in [0.717, 1.165) is 51.9 Å². The van der Waals surface area contributed by atoms with Gasteiger partial charge in [-0.15, -0.1) is 0 Å². The molecule has 0 amide bonds. The predicted molar refractivity (Wildman–Crippen MR) is 128 cm³/mol. The highest BCUT2D eigenvalue weighted by Crippen LogP contribution is 2.36.